The lowest BCUT2D eigenvalue weighted by Gasteiger charge is -2.28. The van der Waals surface area contributed by atoms with Crippen LogP contribution in [0.2, 0.25) is 0 Å². The molecule has 1 N–H and O–H groups in total. The SMILES string of the molecule is CCC[C@@H](C)[C@H]1NCCCS1. The summed E-state index contributed by atoms with van der Waals surface area (Å²) in [5, 5.41) is 4.31. The van der Waals surface area contributed by atoms with Crippen LogP contribution in [0, 0.1) is 5.92 Å². The zero-order valence-corrected chi connectivity index (χ0v) is 8.41. The van der Waals surface area contributed by atoms with Gasteiger partial charge in [-0.05, 0) is 31.1 Å². The van der Waals surface area contributed by atoms with Gasteiger partial charge in [0.05, 0.1) is 5.37 Å². The van der Waals surface area contributed by atoms with E-state index in [0.29, 0.717) is 0 Å². The van der Waals surface area contributed by atoms with Crippen molar-refractivity contribution < 1.29 is 0 Å². The van der Waals surface area contributed by atoms with E-state index >= 15 is 0 Å². The molecule has 0 amide bonds. The van der Waals surface area contributed by atoms with Crippen molar-refractivity contribution in [2.45, 2.75) is 38.5 Å². The third kappa shape index (κ3) is 3.04. The van der Waals surface area contributed by atoms with Crippen molar-refractivity contribution in [3.63, 3.8) is 0 Å². The lowest BCUT2D eigenvalue weighted by atomic mass is 10.1. The molecule has 11 heavy (non-hydrogen) atoms. The van der Waals surface area contributed by atoms with Gasteiger partial charge < -0.3 is 5.32 Å². The summed E-state index contributed by atoms with van der Waals surface area (Å²) in [5.41, 5.74) is 0. The number of nitrogens with one attached hydrogen (secondary N) is 1. The first-order valence-corrected chi connectivity index (χ1v) is 5.74. The van der Waals surface area contributed by atoms with E-state index in [1.807, 2.05) is 0 Å². The fraction of sp³-hybridized carbons (Fsp3) is 1.00. The highest BCUT2D eigenvalue weighted by molar-refractivity contribution is 7.99. The van der Waals surface area contributed by atoms with Gasteiger partial charge in [-0.3, -0.25) is 0 Å². The Morgan fingerprint density at radius 1 is 1.64 bits per heavy atom. The Bertz CT molecular complexity index is 99.7. The number of thioether (sulfide) groups is 1. The first-order chi connectivity index (χ1) is 5.34. The van der Waals surface area contributed by atoms with Crippen LogP contribution in [0.1, 0.15) is 33.1 Å². The molecule has 0 aromatic carbocycles. The van der Waals surface area contributed by atoms with Crippen molar-refractivity contribution in [1.29, 1.82) is 0 Å². The van der Waals surface area contributed by atoms with E-state index in [-0.39, 0.29) is 0 Å². The predicted molar refractivity (Wildman–Crippen MR) is 52.9 cm³/mol. The van der Waals surface area contributed by atoms with E-state index in [2.05, 4.69) is 30.9 Å². The summed E-state index contributed by atoms with van der Waals surface area (Å²) in [6.07, 6.45) is 4.03. The summed E-state index contributed by atoms with van der Waals surface area (Å²) in [4.78, 5) is 0. The molecular weight excluding hydrogens is 154 g/mol. The van der Waals surface area contributed by atoms with Crippen LogP contribution in [0.15, 0.2) is 0 Å². The molecule has 0 aromatic heterocycles. The molecule has 0 bridgehead atoms. The number of hydrogen-bond donors (Lipinski definition) is 1. The van der Waals surface area contributed by atoms with E-state index in [1.54, 1.807) is 0 Å². The number of hydrogen-bond acceptors (Lipinski definition) is 2. The van der Waals surface area contributed by atoms with Gasteiger partial charge in [0.25, 0.3) is 0 Å². The molecule has 1 nitrogen and oxygen atoms in total. The Kier molecular flexibility index (Phi) is 4.31. The Balaban J connectivity index is 2.21. The second-order valence-corrected chi connectivity index (χ2v) is 4.61. The lowest BCUT2D eigenvalue weighted by molar-refractivity contribution is 0.438. The summed E-state index contributed by atoms with van der Waals surface area (Å²) >= 11 is 2.10. The fourth-order valence-corrected chi connectivity index (χ4v) is 2.82. The molecule has 1 aliphatic rings. The summed E-state index contributed by atoms with van der Waals surface area (Å²) in [6, 6.07) is 0. The summed E-state index contributed by atoms with van der Waals surface area (Å²) in [7, 11) is 0. The van der Waals surface area contributed by atoms with E-state index in [0.717, 1.165) is 11.3 Å². The van der Waals surface area contributed by atoms with E-state index < -0.39 is 0 Å². The van der Waals surface area contributed by atoms with Gasteiger partial charge in [-0.15, -0.1) is 11.8 Å². The maximum absolute atomic E-state index is 3.57. The van der Waals surface area contributed by atoms with Gasteiger partial charge in [0, 0.05) is 0 Å². The maximum atomic E-state index is 3.57. The van der Waals surface area contributed by atoms with Crippen LogP contribution >= 0.6 is 11.8 Å². The minimum Gasteiger partial charge on any atom is -0.305 e. The third-order valence-electron chi connectivity index (χ3n) is 2.22. The minimum atomic E-state index is 0.740. The smallest absolute Gasteiger partial charge is 0.0558 e. The standard InChI is InChI=1S/C9H19NS/c1-3-5-8(2)9-10-6-4-7-11-9/h8-10H,3-7H2,1-2H3/t8-,9+/m1/s1. The van der Waals surface area contributed by atoms with E-state index in [9.17, 15) is 0 Å². The highest BCUT2D eigenvalue weighted by Crippen LogP contribution is 2.24. The molecule has 1 saturated heterocycles. The fourth-order valence-electron chi connectivity index (χ4n) is 1.56. The molecule has 0 aromatic rings. The normalized spacial score (nSPS) is 28.4. The van der Waals surface area contributed by atoms with Gasteiger partial charge in [0.15, 0.2) is 0 Å². The lowest BCUT2D eigenvalue weighted by Crippen LogP contribution is -2.36. The molecule has 0 aliphatic carbocycles. The van der Waals surface area contributed by atoms with Crippen molar-refractivity contribution in [2.24, 2.45) is 5.92 Å². The monoisotopic (exact) mass is 173 g/mol. The highest BCUT2D eigenvalue weighted by atomic mass is 32.2. The Morgan fingerprint density at radius 2 is 2.45 bits per heavy atom. The zero-order chi connectivity index (χ0) is 8.10. The first kappa shape index (κ1) is 9.40. The molecule has 1 heterocycles. The molecule has 2 heteroatoms. The van der Waals surface area contributed by atoms with Crippen LogP contribution < -0.4 is 5.32 Å². The van der Waals surface area contributed by atoms with Crippen molar-refractivity contribution in [3.05, 3.63) is 0 Å². The van der Waals surface area contributed by atoms with Gasteiger partial charge in [-0.1, -0.05) is 20.3 Å². The van der Waals surface area contributed by atoms with E-state index in [4.69, 9.17) is 0 Å². The molecule has 1 fully saturated rings. The molecule has 2 atom stereocenters. The maximum Gasteiger partial charge on any atom is 0.0558 e. The van der Waals surface area contributed by atoms with Gasteiger partial charge in [0.2, 0.25) is 0 Å². The molecule has 0 spiro atoms. The topological polar surface area (TPSA) is 12.0 Å². The summed E-state index contributed by atoms with van der Waals surface area (Å²) in [6.45, 7) is 5.86. The van der Waals surface area contributed by atoms with Crippen LogP contribution in [-0.2, 0) is 0 Å². The van der Waals surface area contributed by atoms with Crippen molar-refractivity contribution in [3.8, 4) is 0 Å². The highest BCUT2D eigenvalue weighted by Gasteiger charge is 2.18. The van der Waals surface area contributed by atoms with E-state index in [1.165, 1.54) is 31.6 Å². The molecule has 66 valence electrons. The van der Waals surface area contributed by atoms with Crippen molar-refractivity contribution >= 4 is 11.8 Å². The van der Waals surface area contributed by atoms with Crippen molar-refractivity contribution in [1.82, 2.24) is 5.32 Å². The molecule has 1 aliphatic heterocycles. The minimum absolute atomic E-state index is 0.740. The third-order valence-corrected chi connectivity index (χ3v) is 3.74. The second kappa shape index (κ2) is 5.04. The van der Waals surface area contributed by atoms with Crippen LogP contribution in [0.3, 0.4) is 0 Å². The van der Waals surface area contributed by atoms with Gasteiger partial charge in [0.1, 0.15) is 0 Å². The van der Waals surface area contributed by atoms with Crippen LogP contribution in [-0.4, -0.2) is 17.7 Å². The molecule has 0 radical (unpaired) electrons. The molecule has 1 rings (SSSR count). The predicted octanol–water partition coefficient (Wildman–Crippen LogP) is 2.48. The summed E-state index contributed by atoms with van der Waals surface area (Å²) in [5.74, 6) is 2.21. The van der Waals surface area contributed by atoms with Crippen LogP contribution in [0.25, 0.3) is 0 Å². The van der Waals surface area contributed by atoms with Gasteiger partial charge >= 0.3 is 0 Å². The Morgan fingerprint density at radius 3 is 3.00 bits per heavy atom. The largest absolute Gasteiger partial charge is 0.305 e. The Hall–Kier alpha value is 0.310. The second-order valence-electron chi connectivity index (χ2n) is 3.37. The average molecular weight is 173 g/mol. The number of rotatable bonds is 3. The summed E-state index contributed by atoms with van der Waals surface area (Å²) < 4.78 is 0. The Labute approximate surface area is 74.3 Å². The van der Waals surface area contributed by atoms with Gasteiger partial charge in [-0.25, -0.2) is 0 Å². The van der Waals surface area contributed by atoms with Crippen LogP contribution in [0.4, 0.5) is 0 Å². The molecular formula is C9H19NS. The zero-order valence-electron chi connectivity index (χ0n) is 7.60. The van der Waals surface area contributed by atoms with Crippen molar-refractivity contribution in [2.75, 3.05) is 12.3 Å². The van der Waals surface area contributed by atoms with Crippen LogP contribution in [0.5, 0.6) is 0 Å². The average Bonchev–Trinajstić information content (AvgIpc) is 2.07. The molecule has 0 saturated carbocycles. The van der Waals surface area contributed by atoms with Gasteiger partial charge in [-0.2, -0.15) is 0 Å². The quantitative estimate of drug-likeness (QED) is 0.703. The molecule has 0 unspecified atom stereocenters. The first-order valence-electron chi connectivity index (χ1n) is 4.69.